The summed E-state index contributed by atoms with van der Waals surface area (Å²) in [5, 5.41) is 14.7. The van der Waals surface area contributed by atoms with E-state index in [0.717, 1.165) is 28.3 Å². The van der Waals surface area contributed by atoms with Crippen molar-refractivity contribution >= 4 is 29.0 Å². The average molecular weight is 499 g/mol. The SMILES string of the molecule is COC(=O)c1cccc(-n2c(C)cc([C@H]3[C@@H](c4ccccn4)NC(=S)N3c3ccccc3O)c2C)c1. The third-order valence-electron chi connectivity index (χ3n) is 6.55. The molecule has 3 heterocycles. The Bertz CT molecular complexity index is 1450. The smallest absolute Gasteiger partial charge is 0.337 e. The van der Waals surface area contributed by atoms with Crippen LogP contribution >= 0.6 is 12.2 Å². The van der Waals surface area contributed by atoms with Gasteiger partial charge in [-0.1, -0.05) is 24.3 Å². The maximum absolute atomic E-state index is 12.2. The van der Waals surface area contributed by atoms with Crippen LogP contribution in [-0.4, -0.2) is 32.8 Å². The zero-order chi connectivity index (χ0) is 25.4. The van der Waals surface area contributed by atoms with E-state index < -0.39 is 0 Å². The summed E-state index contributed by atoms with van der Waals surface area (Å²) in [7, 11) is 1.38. The van der Waals surface area contributed by atoms with Crippen molar-refractivity contribution in [2.45, 2.75) is 25.9 Å². The molecule has 0 saturated carbocycles. The van der Waals surface area contributed by atoms with Crippen molar-refractivity contribution in [1.82, 2.24) is 14.9 Å². The summed E-state index contributed by atoms with van der Waals surface area (Å²) in [6.07, 6.45) is 1.77. The standard InChI is InChI=1S/C28H26N4O3S/c1-17-15-21(18(2)31(17)20-10-8-9-19(16-20)27(34)35-3)26-25(22-11-6-7-14-29-22)30-28(36)32(26)23-12-4-5-13-24(23)33/h4-16,25-26,33H,1-3H3,(H,30,36)/t25-,26+/m1/s1. The summed E-state index contributed by atoms with van der Waals surface area (Å²) in [5.74, 6) is -0.237. The number of rotatable bonds is 5. The van der Waals surface area contributed by atoms with Crippen LogP contribution in [0.5, 0.6) is 5.75 Å². The van der Waals surface area contributed by atoms with Crippen LogP contribution in [0.3, 0.4) is 0 Å². The number of phenols is 1. The Morgan fingerprint density at radius 2 is 1.83 bits per heavy atom. The number of thiocarbonyl (C=S) groups is 1. The summed E-state index contributed by atoms with van der Waals surface area (Å²) in [6.45, 7) is 4.08. The number of esters is 1. The minimum absolute atomic E-state index is 0.146. The topological polar surface area (TPSA) is 79.6 Å². The highest BCUT2D eigenvalue weighted by Gasteiger charge is 2.43. The molecule has 2 aromatic heterocycles. The number of phenolic OH excluding ortho intramolecular Hbond substituents is 1. The van der Waals surface area contributed by atoms with Crippen molar-refractivity contribution in [2.24, 2.45) is 0 Å². The van der Waals surface area contributed by atoms with Crippen LogP contribution in [0.15, 0.2) is 79.0 Å². The quantitative estimate of drug-likeness (QED) is 0.291. The Labute approximate surface area is 215 Å². The number of aromatic nitrogens is 2. The lowest BCUT2D eigenvalue weighted by molar-refractivity contribution is 0.0600. The highest BCUT2D eigenvalue weighted by molar-refractivity contribution is 7.80. The highest BCUT2D eigenvalue weighted by Crippen LogP contribution is 2.45. The van der Waals surface area contributed by atoms with Crippen LogP contribution in [0.2, 0.25) is 0 Å². The summed E-state index contributed by atoms with van der Waals surface area (Å²) >= 11 is 5.79. The van der Waals surface area contributed by atoms with Crippen molar-refractivity contribution in [3.63, 3.8) is 0 Å². The van der Waals surface area contributed by atoms with Crippen LogP contribution in [0.4, 0.5) is 5.69 Å². The molecule has 1 aliphatic heterocycles. The molecule has 0 bridgehead atoms. The van der Waals surface area contributed by atoms with Crippen molar-refractivity contribution in [3.8, 4) is 11.4 Å². The monoisotopic (exact) mass is 498 g/mol. The number of hydrogen-bond donors (Lipinski definition) is 2. The van der Waals surface area contributed by atoms with Crippen molar-refractivity contribution in [2.75, 3.05) is 12.0 Å². The molecule has 2 atom stereocenters. The lowest BCUT2D eigenvalue weighted by Crippen LogP contribution is -2.29. The minimum Gasteiger partial charge on any atom is -0.506 e. The minimum atomic E-state index is -0.383. The van der Waals surface area contributed by atoms with Gasteiger partial charge in [-0.3, -0.25) is 4.98 Å². The number of anilines is 1. The summed E-state index contributed by atoms with van der Waals surface area (Å²) in [6, 6.07) is 22.0. The zero-order valence-electron chi connectivity index (χ0n) is 20.2. The first-order chi connectivity index (χ1) is 17.4. The third-order valence-corrected chi connectivity index (χ3v) is 6.87. The lowest BCUT2D eigenvalue weighted by Gasteiger charge is -2.28. The van der Waals surface area contributed by atoms with Gasteiger partial charge in [-0.05, 0) is 80.2 Å². The van der Waals surface area contributed by atoms with Crippen molar-refractivity contribution < 1.29 is 14.6 Å². The highest BCUT2D eigenvalue weighted by atomic mass is 32.1. The van der Waals surface area contributed by atoms with Gasteiger partial charge in [0.05, 0.1) is 36.1 Å². The van der Waals surface area contributed by atoms with Gasteiger partial charge in [-0.15, -0.1) is 0 Å². The van der Waals surface area contributed by atoms with Gasteiger partial charge < -0.3 is 24.6 Å². The first-order valence-corrected chi connectivity index (χ1v) is 12.0. The lowest BCUT2D eigenvalue weighted by atomic mass is 9.96. The fourth-order valence-corrected chi connectivity index (χ4v) is 5.31. The second kappa shape index (κ2) is 9.47. The van der Waals surface area contributed by atoms with Crippen molar-refractivity contribution in [3.05, 3.63) is 107 Å². The predicted octanol–water partition coefficient (Wildman–Crippen LogP) is 5.16. The first-order valence-electron chi connectivity index (χ1n) is 11.6. The van der Waals surface area contributed by atoms with E-state index >= 15 is 0 Å². The molecule has 0 aliphatic carbocycles. The number of pyridine rings is 1. The molecule has 36 heavy (non-hydrogen) atoms. The number of carbonyl (C=O) groups excluding carboxylic acids is 1. The summed E-state index contributed by atoms with van der Waals surface area (Å²) in [5.41, 5.74) is 5.83. The number of ether oxygens (including phenoxy) is 1. The molecular weight excluding hydrogens is 472 g/mol. The summed E-state index contributed by atoms with van der Waals surface area (Å²) in [4.78, 5) is 18.7. The van der Waals surface area contributed by atoms with E-state index in [1.807, 2.05) is 67.3 Å². The Morgan fingerprint density at radius 3 is 2.56 bits per heavy atom. The molecule has 1 fully saturated rings. The van der Waals surface area contributed by atoms with Gasteiger partial charge in [0, 0.05) is 23.3 Å². The van der Waals surface area contributed by atoms with Gasteiger partial charge in [0.25, 0.3) is 0 Å². The summed E-state index contributed by atoms with van der Waals surface area (Å²) < 4.78 is 7.03. The number of aromatic hydroxyl groups is 1. The molecule has 182 valence electrons. The zero-order valence-corrected chi connectivity index (χ0v) is 21.0. The molecule has 4 aromatic rings. The van der Waals surface area contributed by atoms with E-state index in [0.29, 0.717) is 16.4 Å². The van der Waals surface area contributed by atoms with Gasteiger partial charge in [0.15, 0.2) is 5.11 Å². The second-order valence-corrected chi connectivity index (χ2v) is 9.08. The van der Waals surface area contributed by atoms with E-state index in [4.69, 9.17) is 17.0 Å². The largest absolute Gasteiger partial charge is 0.506 e. The van der Waals surface area contributed by atoms with E-state index in [1.54, 1.807) is 24.4 Å². The Hall–Kier alpha value is -4.17. The normalized spacial score (nSPS) is 17.2. The van der Waals surface area contributed by atoms with Gasteiger partial charge >= 0.3 is 5.97 Å². The maximum atomic E-state index is 12.2. The Balaban J connectivity index is 1.68. The van der Waals surface area contributed by atoms with Gasteiger partial charge in [-0.25, -0.2) is 4.79 Å². The van der Waals surface area contributed by atoms with Crippen LogP contribution in [0.25, 0.3) is 5.69 Å². The van der Waals surface area contributed by atoms with Crippen molar-refractivity contribution in [1.29, 1.82) is 0 Å². The number of hydrogen-bond acceptors (Lipinski definition) is 5. The third kappa shape index (κ3) is 3.99. The van der Waals surface area contributed by atoms with Crippen LogP contribution in [-0.2, 0) is 4.74 Å². The molecule has 1 aliphatic rings. The molecule has 7 nitrogen and oxygen atoms in total. The molecule has 2 N–H and O–H groups in total. The number of nitrogens with one attached hydrogen (secondary N) is 1. The number of benzene rings is 2. The predicted molar refractivity (Wildman–Crippen MR) is 143 cm³/mol. The molecular formula is C28H26N4O3S. The molecule has 5 rings (SSSR count). The molecule has 2 aromatic carbocycles. The maximum Gasteiger partial charge on any atom is 0.337 e. The molecule has 0 radical (unpaired) electrons. The van der Waals surface area contributed by atoms with E-state index in [-0.39, 0.29) is 23.8 Å². The number of carbonyl (C=O) groups is 1. The number of methoxy groups -OCH3 is 1. The van der Waals surface area contributed by atoms with E-state index in [9.17, 15) is 9.90 Å². The fraction of sp³-hybridized carbons (Fsp3) is 0.179. The van der Waals surface area contributed by atoms with E-state index in [2.05, 4.69) is 20.9 Å². The van der Waals surface area contributed by atoms with Gasteiger partial charge in [0.2, 0.25) is 0 Å². The molecule has 0 spiro atoms. The van der Waals surface area contributed by atoms with Gasteiger partial charge in [-0.2, -0.15) is 0 Å². The van der Waals surface area contributed by atoms with Crippen LogP contribution < -0.4 is 10.2 Å². The second-order valence-electron chi connectivity index (χ2n) is 8.69. The number of nitrogens with zero attached hydrogens (tertiary/aromatic N) is 3. The average Bonchev–Trinajstić information content (AvgIpc) is 3.39. The molecule has 0 unspecified atom stereocenters. The molecule has 8 heteroatoms. The fourth-order valence-electron chi connectivity index (χ4n) is 4.97. The van der Waals surface area contributed by atoms with Gasteiger partial charge in [0.1, 0.15) is 5.75 Å². The number of aryl methyl sites for hydroxylation is 1. The van der Waals surface area contributed by atoms with Crippen LogP contribution in [0, 0.1) is 13.8 Å². The van der Waals surface area contributed by atoms with E-state index in [1.165, 1.54) is 7.11 Å². The molecule has 0 amide bonds. The number of para-hydroxylation sites is 2. The first kappa shape index (κ1) is 23.6. The van der Waals surface area contributed by atoms with Crippen LogP contribution in [0.1, 0.15) is 45.1 Å². The Morgan fingerprint density at radius 1 is 1.06 bits per heavy atom. The molecule has 1 saturated heterocycles. The Kier molecular flexibility index (Phi) is 6.20.